The first kappa shape index (κ1) is 19.8. The van der Waals surface area contributed by atoms with E-state index in [0.717, 1.165) is 16.5 Å². The smallest absolute Gasteiger partial charge is 0.259 e. The van der Waals surface area contributed by atoms with Gasteiger partial charge in [0.1, 0.15) is 0 Å². The van der Waals surface area contributed by atoms with Crippen LogP contribution in [0.4, 0.5) is 0 Å². The number of thiophene rings is 1. The standard InChI is InChI=1S/C22H23N3O2S/c1-22(2,3)17-10-8-15(9-11-17)21(27)23-13-20(26)25-24-12-16-14-28-19-7-5-4-6-18(16)19/h4-12,14H,13H2,1-3H3,(H,23,27)(H,25,26). The normalized spacial score (nSPS) is 11.7. The van der Waals surface area contributed by atoms with Crippen LogP contribution in [0.3, 0.4) is 0 Å². The van der Waals surface area contributed by atoms with Crippen molar-refractivity contribution in [2.75, 3.05) is 6.54 Å². The predicted octanol–water partition coefficient (Wildman–Crippen LogP) is 4.08. The van der Waals surface area contributed by atoms with Crippen LogP contribution in [0.1, 0.15) is 42.3 Å². The molecule has 0 spiro atoms. The number of rotatable bonds is 5. The summed E-state index contributed by atoms with van der Waals surface area (Å²) in [5, 5.41) is 9.68. The summed E-state index contributed by atoms with van der Waals surface area (Å²) >= 11 is 1.63. The third-order valence-electron chi connectivity index (χ3n) is 4.33. The van der Waals surface area contributed by atoms with Gasteiger partial charge in [0.15, 0.2) is 0 Å². The van der Waals surface area contributed by atoms with Crippen LogP contribution in [-0.4, -0.2) is 24.6 Å². The summed E-state index contributed by atoms with van der Waals surface area (Å²) in [4.78, 5) is 24.1. The van der Waals surface area contributed by atoms with Crippen LogP contribution in [0.5, 0.6) is 0 Å². The van der Waals surface area contributed by atoms with E-state index in [2.05, 4.69) is 36.6 Å². The molecule has 0 saturated heterocycles. The molecule has 144 valence electrons. The first-order valence-corrected chi connectivity index (χ1v) is 9.89. The number of nitrogens with one attached hydrogen (secondary N) is 2. The van der Waals surface area contributed by atoms with Crippen molar-refractivity contribution >= 4 is 39.5 Å². The molecule has 1 aromatic heterocycles. The highest BCUT2D eigenvalue weighted by Crippen LogP contribution is 2.24. The van der Waals surface area contributed by atoms with E-state index >= 15 is 0 Å². The van der Waals surface area contributed by atoms with E-state index in [4.69, 9.17) is 0 Å². The van der Waals surface area contributed by atoms with Gasteiger partial charge in [-0.25, -0.2) is 5.43 Å². The molecule has 0 aliphatic rings. The monoisotopic (exact) mass is 393 g/mol. The number of fused-ring (bicyclic) bond motifs is 1. The Morgan fingerprint density at radius 1 is 1.07 bits per heavy atom. The highest BCUT2D eigenvalue weighted by molar-refractivity contribution is 7.17. The van der Waals surface area contributed by atoms with Gasteiger partial charge in [-0.3, -0.25) is 9.59 Å². The average Bonchev–Trinajstić information content (AvgIpc) is 3.09. The molecule has 0 radical (unpaired) electrons. The molecule has 28 heavy (non-hydrogen) atoms. The number of nitrogens with zero attached hydrogens (tertiary/aromatic N) is 1. The Morgan fingerprint density at radius 3 is 2.50 bits per heavy atom. The maximum atomic E-state index is 12.2. The summed E-state index contributed by atoms with van der Waals surface area (Å²) in [5.41, 5.74) is 5.09. The second kappa shape index (κ2) is 8.35. The van der Waals surface area contributed by atoms with Gasteiger partial charge in [0.05, 0.1) is 12.8 Å². The molecule has 1 heterocycles. The van der Waals surface area contributed by atoms with Gasteiger partial charge in [0.25, 0.3) is 11.8 Å². The molecule has 0 unspecified atom stereocenters. The van der Waals surface area contributed by atoms with Gasteiger partial charge in [-0.2, -0.15) is 5.10 Å². The SMILES string of the molecule is CC(C)(C)c1ccc(C(=O)NCC(=O)NN=Cc2csc3ccccc23)cc1. The third kappa shape index (κ3) is 4.84. The Bertz CT molecular complexity index is 1010. The minimum absolute atomic E-state index is 0.0284. The summed E-state index contributed by atoms with van der Waals surface area (Å²) in [6.45, 7) is 6.21. The number of hydrazone groups is 1. The Balaban J connectivity index is 1.50. The number of amides is 2. The molecule has 3 aromatic rings. The fourth-order valence-electron chi connectivity index (χ4n) is 2.70. The molecule has 0 fully saturated rings. The Hall–Kier alpha value is -2.99. The van der Waals surface area contributed by atoms with Gasteiger partial charge in [-0.05, 0) is 29.2 Å². The second-order valence-electron chi connectivity index (χ2n) is 7.49. The van der Waals surface area contributed by atoms with Crippen LogP contribution in [0.25, 0.3) is 10.1 Å². The number of hydrogen-bond donors (Lipinski definition) is 2. The molecule has 5 nitrogen and oxygen atoms in total. The largest absolute Gasteiger partial charge is 0.343 e. The summed E-state index contributed by atoms with van der Waals surface area (Å²) in [7, 11) is 0. The zero-order chi connectivity index (χ0) is 20.1. The zero-order valence-corrected chi connectivity index (χ0v) is 17.0. The van der Waals surface area contributed by atoms with Crippen molar-refractivity contribution in [1.29, 1.82) is 0 Å². The van der Waals surface area contributed by atoms with E-state index < -0.39 is 0 Å². The minimum atomic E-state index is -0.379. The predicted molar refractivity (Wildman–Crippen MR) is 115 cm³/mol. The third-order valence-corrected chi connectivity index (χ3v) is 5.31. The van der Waals surface area contributed by atoms with E-state index in [1.807, 2.05) is 41.8 Å². The lowest BCUT2D eigenvalue weighted by atomic mass is 9.87. The fourth-order valence-corrected chi connectivity index (χ4v) is 3.61. The van der Waals surface area contributed by atoms with Crippen molar-refractivity contribution in [1.82, 2.24) is 10.7 Å². The lowest BCUT2D eigenvalue weighted by Gasteiger charge is -2.19. The Labute approximate surface area is 168 Å². The van der Waals surface area contributed by atoms with Crippen LogP contribution < -0.4 is 10.7 Å². The van der Waals surface area contributed by atoms with Crippen LogP contribution in [-0.2, 0) is 10.2 Å². The van der Waals surface area contributed by atoms with E-state index in [-0.39, 0.29) is 23.8 Å². The van der Waals surface area contributed by atoms with Crippen molar-refractivity contribution in [3.05, 3.63) is 70.6 Å². The van der Waals surface area contributed by atoms with Crippen molar-refractivity contribution in [3.8, 4) is 0 Å². The molecule has 2 N–H and O–H groups in total. The summed E-state index contributed by atoms with van der Waals surface area (Å²) in [6.07, 6.45) is 1.61. The van der Waals surface area contributed by atoms with Gasteiger partial charge in [-0.1, -0.05) is 51.1 Å². The van der Waals surface area contributed by atoms with Gasteiger partial charge in [0.2, 0.25) is 0 Å². The first-order chi connectivity index (χ1) is 13.3. The molecule has 0 aliphatic carbocycles. The molecule has 0 bridgehead atoms. The van der Waals surface area contributed by atoms with E-state index in [0.29, 0.717) is 5.56 Å². The topological polar surface area (TPSA) is 70.6 Å². The maximum Gasteiger partial charge on any atom is 0.259 e. The van der Waals surface area contributed by atoms with Crippen LogP contribution in [0.2, 0.25) is 0 Å². The van der Waals surface area contributed by atoms with Gasteiger partial charge < -0.3 is 5.32 Å². The van der Waals surface area contributed by atoms with Crippen LogP contribution in [0.15, 0.2) is 59.0 Å². The average molecular weight is 394 g/mol. The highest BCUT2D eigenvalue weighted by Gasteiger charge is 2.14. The molecule has 0 saturated carbocycles. The van der Waals surface area contributed by atoms with Gasteiger partial charge in [-0.15, -0.1) is 11.3 Å². The summed E-state index contributed by atoms with van der Waals surface area (Å²) in [5.74, 6) is -0.668. The van der Waals surface area contributed by atoms with E-state index in [1.54, 1.807) is 29.7 Å². The molecule has 2 aromatic carbocycles. The number of carbonyl (C=O) groups is 2. The van der Waals surface area contributed by atoms with E-state index in [9.17, 15) is 9.59 Å². The van der Waals surface area contributed by atoms with Crippen molar-refractivity contribution in [3.63, 3.8) is 0 Å². The first-order valence-electron chi connectivity index (χ1n) is 9.01. The lowest BCUT2D eigenvalue weighted by molar-refractivity contribution is -0.120. The molecular formula is C22H23N3O2S. The quantitative estimate of drug-likeness (QED) is 0.506. The number of benzene rings is 2. The lowest BCUT2D eigenvalue weighted by Crippen LogP contribution is -2.34. The molecule has 3 rings (SSSR count). The van der Waals surface area contributed by atoms with Gasteiger partial charge >= 0.3 is 0 Å². The molecule has 6 heteroatoms. The van der Waals surface area contributed by atoms with Crippen LogP contribution in [0, 0.1) is 0 Å². The fraction of sp³-hybridized carbons (Fsp3) is 0.227. The summed E-state index contributed by atoms with van der Waals surface area (Å²) in [6, 6.07) is 15.4. The van der Waals surface area contributed by atoms with Gasteiger partial charge in [0, 0.05) is 26.6 Å². The molecule has 2 amide bonds. The number of hydrogen-bond acceptors (Lipinski definition) is 4. The minimum Gasteiger partial charge on any atom is -0.343 e. The maximum absolute atomic E-state index is 12.2. The zero-order valence-electron chi connectivity index (χ0n) is 16.2. The summed E-state index contributed by atoms with van der Waals surface area (Å²) < 4.78 is 1.17. The van der Waals surface area contributed by atoms with Crippen molar-refractivity contribution < 1.29 is 9.59 Å². The Kier molecular flexibility index (Phi) is 5.90. The molecule has 0 atom stereocenters. The van der Waals surface area contributed by atoms with E-state index in [1.165, 1.54) is 4.70 Å². The molecule has 0 aliphatic heterocycles. The number of carbonyl (C=O) groups excluding carboxylic acids is 2. The highest BCUT2D eigenvalue weighted by atomic mass is 32.1. The van der Waals surface area contributed by atoms with Crippen molar-refractivity contribution in [2.24, 2.45) is 5.10 Å². The molecular weight excluding hydrogens is 370 g/mol. The second-order valence-corrected chi connectivity index (χ2v) is 8.40. The van der Waals surface area contributed by atoms with Crippen molar-refractivity contribution in [2.45, 2.75) is 26.2 Å². The Morgan fingerprint density at radius 2 is 1.79 bits per heavy atom. The van der Waals surface area contributed by atoms with Crippen LogP contribution >= 0.6 is 11.3 Å².